The third kappa shape index (κ3) is 3.70. The van der Waals surface area contributed by atoms with E-state index in [2.05, 4.69) is 15.9 Å². The van der Waals surface area contributed by atoms with Crippen LogP contribution < -0.4 is 9.47 Å². The van der Waals surface area contributed by atoms with E-state index in [-0.39, 0.29) is 5.78 Å². The number of ether oxygens (including phenoxy) is 3. The van der Waals surface area contributed by atoms with E-state index in [1.54, 1.807) is 26.4 Å². The molecule has 0 N–H and O–H groups in total. The highest BCUT2D eigenvalue weighted by Crippen LogP contribution is 2.37. The Kier molecular flexibility index (Phi) is 6.31. The third-order valence-electron chi connectivity index (χ3n) is 2.76. The highest BCUT2D eigenvalue weighted by molar-refractivity contribution is 9.10. The van der Waals surface area contributed by atoms with Gasteiger partial charge in [0, 0.05) is 23.1 Å². The van der Waals surface area contributed by atoms with Gasteiger partial charge in [0.25, 0.3) is 0 Å². The van der Waals surface area contributed by atoms with E-state index in [1.807, 2.05) is 13.8 Å². The summed E-state index contributed by atoms with van der Waals surface area (Å²) >= 11 is 3.45. The predicted octanol–water partition coefficient (Wildman–Crippen LogP) is 3.52. The lowest BCUT2D eigenvalue weighted by Crippen LogP contribution is -2.16. The first-order valence-electron chi connectivity index (χ1n) is 6.14. The molecular formula is C14H19BrO4. The molecule has 1 unspecified atom stereocenters. The fraction of sp³-hybridized carbons (Fsp3) is 0.500. The van der Waals surface area contributed by atoms with Gasteiger partial charge >= 0.3 is 0 Å². The lowest BCUT2D eigenvalue weighted by Gasteiger charge is -2.19. The first kappa shape index (κ1) is 16.0. The van der Waals surface area contributed by atoms with Crippen molar-refractivity contribution in [2.45, 2.75) is 26.4 Å². The summed E-state index contributed by atoms with van der Waals surface area (Å²) < 4.78 is 16.8. The Hall–Kier alpha value is -1.07. The molecule has 1 rings (SSSR count). The van der Waals surface area contributed by atoms with E-state index in [4.69, 9.17) is 14.2 Å². The minimum atomic E-state index is -0.579. The largest absolute Gasteiger partial charge is 0.493 e. The highest BCUT2D eigenvalue weighted by atomic mass is 79.9. The van der Waals surface area contributed by atoms with Crippen LogP contribution in [0, 0.1) is 0 Å². The van der Waals surface area contributed by atoms with Crippen molar-refractivity contribution in [1.82, 2.24) is 0 Å². The molecule has 0 bridgehead atoms. The number of Topliss-reactive ketones (excluding diaryl/α,β-unsaturated/α-hetero) is 1. The monoisotopic (exact) mass is 330 g/mol. The molecule has 0 spiro atoms. The van der Waals surface area contributed by atoms with Crippen molar-refractivity contribution in [3.63, 3.8) is 0 Å². The molecule has 0 saturated carbocycles. The maximum atomic E-state index is 12.0. The summed E-state index contributed by atoms with van der Waals surface area (Å²) in [5.41, 5.74) is 0.756. The van der Waals surface area contributed by atoms with Crippen LogP contribution in [0.3, 0.4) is 0 Å². The molecule has 0 aliphatic carbocycles. The number of ketones is 1. The lowest BCUT2D eigenvalue weighted by atomic mass is 10.0. The van der Waals surface area contributed by atoms with E-state index >= 15 is 0 Å². The zero-order chi connectivity index (χ0) is 14.4. The average Bonchev–Trinajstić information content (AvgIpc) is 2.44. The van der Waals surface area contributed by atoms with Crippen LogP contribution in [-0.2, 0) is 9.53 Å². The number of benzene rings is 1. The van der Waals surface area contributed by atoms with E-state index < -0.39 is 6.10 Å². The Balaban J connectivity index is 3.26. The normalized spacial score (nSPS) is 12.1. The van der Waals surface area contributed by atoms with Gasteiger partial charge in [-0.3, -0.25) is 4.79 Å². The Bertz CT molecular complexity index is 445. The number of methoxy groups -OCH3 is 2. The van der Waals surface area contributed by atoms with Crippen molar-refractivity contribution < 1.29 is 19.0 Å². The average molecular weight is 331 g/mol. The number of hydrogen-bond donors (Lipinski definition) is 0. The van der Waals surface area contributed by atoms with Crippen LogP contribution in [0.15, 0.2) is 16.6 Å². The predicted molar refractivity (Wildman–Crippen MR) is 76.9 cm³/mol. The zero-order valence-electron chi connectivity index (χ0n) is 11.7. The molecule has 106 valence electrons. The molecule has 5 heteroatoms. The summed E-state index contributed by atoms with van der Waals surface area (Å²) in [6.45, 7) is 4.16. The van der Waals surface area contributed by atoms with E-state index in [1.165, 1.54) is 0 Å². The van der Waals surface area contributed by atoms with Gasteiger partial charge in [-0.25, -0.2) is 0 Å². The minimum Gasteiger partial charge on any atom is -0.493 e. The molecule has 0 heterocycles. The smallest absolute Gasteiger partial charge is 0.165 e. The second-order valence-electron chi connectivity index (χ2n) is 3.88. The van der Waals surface area contributed by atoms with E-state index in [0.29, 0.717) is 24.5 Å². The fourth-order valence-corrected chi connectivity index (χ4v) is 2.31. The lowest BCUT2D eigenvalue weighted by molar-refractivity contribution is -0.130. The van der Waals surface area contributed by atoms with Crippen LogP contribution in [0.5, 0.6) is 11.5 Å². The van der Waals surface area contributed by atoms with Gasteiger partial charge in [-0.1, -0.05) is 22.9 Å². The zero-order valence-corrected chi connectivity index (χ0v) is 13.2. The van der Waals surface area contributed by atoms with Gasteiger partial charge in [0.15, 0.2) is 17.3 Å². The van der Waals surface area contributed by atoms with Crippen molar-refractivity contribution in [3.05, 3.63) is 22.2 Å². The molecule has 0 amide bonds. The first-order chi connectivity index (χ1) is 9.08. The van der Waals surface area contributed by atoms with Crippen LogP contribution in [0.2, 0.25) is 0 Å². The molecule has 19 heavy (non-hydrogen) atoms. The molecule has 0 aliphatic rings. The molecule has 1 atom stereocenters. The number of carbonyl (C=O) groups excluding carboxylic acids is 1. The van der Waals surface area contributed by atoms with Crippen molar-refractivity contribution >= 4 is 21.7 Å². The topological polar surface area (TPSA) is 44.8 Å². The SMILES string of the molecule is CCOC(C(=O)CC)c1cc(OC)c(OC)cc1Br. The van der Waals surface area contributed by atoms with Gasteiger partial charge in [-0.15, -0.1) is 0 Å². The molecule has 0 radical (unpaired) electrons. The van der Waals surface area contributed by atoms with Gasteiger partial charge < -0.3 is 14.2 Å². The van der Waals surface area contributed by atoms with Crippen molar-refractivity contribution in [1.29, 1.82) is 0 Å². The van der Waals surface area contributed by atoms with Crippen LogP contribution in [-0.4, -0.2) is 26.6 Å². The number of rotatable bonds is 7. The van der Waals surface area contributed by atoms with Crippen LogP contribution in [0.25, 0.3) is 0 Å². The number of carbonyl (C=O) groups is 1. The van der Waals surface area contributed by atoms with Gasteiger partial charge in [0.05, 0.1) is 14.2 Å². The van der Waals surface area contributed by atoms with Crippen molar-refractivity contribution in [2.75, 3.05) is 20.8 Å². The number of halogens is 1. The minimum absolute atomic E-state index is 0.0368. The summed E-state index contributed by atoms with van der Waals surface area (Å²) in [4.78, 5) is 12.0. The molecule has 0 aromatic heterocycles. The summed E-state index contributed by atoms with van der Waals surface area (Å²) in [6.07, 6.45) is -0.157. The van der Waals surface area contributed by atoms with Crippen molar-refractivity contribution in [2.24, 2.45) is 0 Å². The maximum Gasteiger partial charge on any atom is 0.165 e. The summed E-state index contributed by atoms with van der Waals surface area (Å²) in [5, 5.41) is 0. The van der Waals surface area contributed by atoms with Crippen LogP contribution in [0.4, 0.5) is 0 Å². The standard InChI is InChI=1S/C14H19BrO4/c1-5-11(16)14(19-6-2)9-7-12(17-3)13(18-4)8-10(9)15/h7-8,14H,5-6H2,1-4H3. The molecule has 0 saturated heterocycles. The highest BCUT2D eigenvalue weighted by Gasteiger charge is 2.23. The third-order valence-corrected chi connectivity index (χ3v) is 3.45. The molecule has 1 aromatic carbocycles. The summed E-state index contributed by atoms with van der Waals surface area (Å²) in [6, 6.07) is 3.56. The van der Waals surface area contributed by atoms with E-state index in [9.17, 15) is 4.79 Å². The van der Waals surface area contributed by atoms with Crippen LogP contribution >= 0.6 is 15.9 Å². The molecular weight excluding hydrogens is 312 g/mol. The fourth-order valence-electron chi connectivity index (χ4n) is 1.78. The second kappa shape index (κ2) is 7.50. The Labute approximate surface area is 122 Å². The van der Waals surface area contributed by atoms with Gasteiger partial charge in [-0.05, 0) is 19.1 Å². The summed E-state index contributed by atoms with van der Waals surface area (Å²) in [7, 11) is 3.13. The Morgan fingerprint density at radius 2 is 1.79 bits per heavy atom. The molecule has 0 aliphatic heterocycles. The number of hydrogen-bond acceptors (Lipinski definition) is 4. The molecule has 4 nitrogen and oxygen atoms in total. The summed E-state index contributed by atoms with van der Waals surface area (Å²) in [5.74, 6) is 1.22. The Morgan fingerprint density at radius 1 is 1.21 bits per heavy atom. The van der Waals surface area contributed by atoms with E-state index in [0.717, 1.165) is 10.0 Å². The maximum absolute atomic E-state index is 12.0. The Morgan fingerprint density at radius 3 is 2.26 bits per heavy atom. The first-order valence-corrected chi connectivity index (χ1v) is 6.94. The van der Waals surface area contributed by atoms with Crippen molar-refractivity contribution in [3.8, 4) is 11.5 Å². The molecule has 1 aromatic rings. The molecule has 0 fully saturated rings. The quantitative estimate of drug-likeness (QED) is 0.767. The second-order valence-corrected chi connectivity index (χ2v) is 4.74. The van der Waals surface area contributed by atoms with Gasteiger partial charge in [0.1, 0.15) is 6.10 Å². The van der Waals surface area contributed by atoms with Gasteiger partial charge in [0.2, 0.25) is 0 Å². The van der Waals surface area contributed by atoms with Gasteiger partial charge in [-0.2, -0.15) is 0 Å². The van der Waals surface area contributed by atoms with Crippen LogP contribution in [0.1, 0.15) is 31.9 Å².